The lowest BCUT2D eigenvalue weighted by Gasteiger charge is -2.22. The van der Waals surface area contributed by atoms with Crippen LogP contribution in [0.4, 0.5) is 0 Å². The molecule has 0 saturated heterocycles. The van der Waals surface area contributed by atoms with Crippen LogP contribution >= 0.6 is 0 Å². The SMILES string of the molecule is COc1ccc([C@@H](N)[C@@H](O)CC(C)C)c(OC)c1. The van der Waals surface area contributed by atoms with Crippen molar-refractivity contribution in [3.63, 3.8) is 0 Å². The smallest absolute Gasteiger partial charge is 0.127 e. The van der Waals surface area contributed by atoms with E-state index in [4.69, 9.17) is 15.2 Å². The molecule has 0 radical (unpaired) electrons. The summed E-state index contributed by atoms with van der Waals surface area (Å²) >= 11 is 0. The first-order valence-corrected chi connectivity index (χ1v) is 6.15. The summed E-state index contributed by atoms with van der Waals surface area (Å²) in [5.74, 6) is 1.75. The first-order chi connectivity index (χ1) is 8.49. The molecule has 18 heavy (non-hydrogen) atoms. The van der Waals surface area contributed by atoms with Gasteiger partial charge in [-0.15, -0.1) is 0 Å². The fourth-order valence-corrected chi connectivity index (χ4v) is 1.93. The van der Waals surface area contributed by atoms with Crippen LogP contribution in [0.2, 0.25) is 0 Å². The Labute approximate surface area is 109 Å². The summed E-state index contributed by atoms with van der Waals surface area (Å²) < 4.78 is 10.4. The van der Waals surface area contributed by atoms with E-state index in [9.17, 15) is 5.11 Å². The summed E-state index contributed by atoms with van der Waals surface area (Å²) in [6, 6.07) is 4.98. The maximum absolute atomic E-state index is 10.1. The average Bonchev–Trinajstić information content (AvgIpc) is 2.36. The van der Waals surface area contributed by atoms with Crippen LogP contribution in [0.5, 0.6) is 11.5 Å². The van der Waals surface area contributed by atoms with E-state index < -0.39 is 12.1 Å². The maximum Gasteiger partial charge on any atom is 0.127 e. The van der Waals surface area contributed by atoms with E-state index in [1.165, 1.54) is 0 Å². The molecule has 3 N–H and O–H groups in total. The Morgan fingerprint density at radius 2 is 1.89 bits per heavy atom. The Morgan fingerprint density at radius 3 is 2.39 bits per heavy atom. The van der Waals surface area contributed by atoms with Gasteiger partial charge in [-0.25, -0.2) is 0 Å². The van der Waals surface area contributed by atoms with E-state index in [2.05, 4.69) is 13.8 Å². The normalized spacial score (nSPS) is 14.4. The van der Waals surface area contributed by atoms with Gasteiger partial charge in [0.05, 0.1) is 26.4 Å². The molecule has 0 aliphatic heterocycles. The van der Waals surface area contributed by atoms with E-state index in [0.29, 0.717) is 23.8 Å². The zero-order chi connectivity index (χ0) is 13.7. The van der Waals surface area contributed by atoms with Crippen molar-refractivity contribution in [1.82, 2.24) is 0 Å². The topological polar surface area (TPSA) is 64.7 Å². The number of hydrogen-bond acceptors (Lipinski definition) is 4. The van der Waals surface area contributed by atoms with Crippen molar-refractivity contribution in [1.29, 1.82) is 0 Å². The van der Waals surface area contributed by atoms with Gasteiger partial charge in [-0.05, 0) is 24.5 Å². The lowest BCUT2D eigenvalue weighted by Crippen LogP contribution is -2.27. The molecule has 0 saturated carbocycles. The molecule has 2 atom stereocenters. The van der Waals surface area contributed by atoms with Crippen molar-refractivity contribution in [3.8, 4) is 11.5 Å². The highest BCUT2D eigenvalue weighted by Gasteiger charge is 2.21. The number of rotatable bonds is 6. The van der Waals surface area contributed by atoms with Gasteiger partial charge in [-0.2, -0.15) is 0 Å². The number of benzene rings is 1. The third kappa shape index (κ3) is 3.62. The van der Waals surface area contributed by atoms with E-state index in [0.717, 1.165) is 5.56 Å². The molecule has 0 bridgehead atoms. The van der Waals surface area contributed by atoms with Crippen molar-refractivity contribution >= 4 is 0 Å². The molecule has 0 aromatic heterocycles. The van der Waals surface area contributed by atoms with Crippen LogP contribution in [0.15, 0.2) is 18.2 Å². The monoisotopic (exact) mass is 253 g/mol. The molecule has 0 spiro atoms. The predicted octanol–water partition coefficient (Wildman–Crippen LogP) is 2.11. The molecule has 0 aliphatic rings. The van der Waals surface area contributed by atoms with Crippen LogP contribution in [0, 0.1) is 5.92 Å². The number of aliphatic hydroxyl groups is 1. The molecular weight excluding hydrogens is 230 g/mol. The lowest BCUT2D eigenvalue weighted by molar-refractivity contribution is 0.120. The Hall–Kier alpha value is -1.26. The summed E-state index contributed by atoms with van der Waals surface area (Å²) in [5, 5.41) is 10.1. The van der Waals surface area contributed by atoms with E-state index in [-0.39, 0.29) is 0 Å². The first kappa shape index (κ1) is 14.8. The second kappa shape index (κ2) is 6.61. The highest BCUT2D eigenvalue weighted by atomic mass is 16.5. The number of hydrogen-bond donors (Lipinski definition) is 2. The average molecular weight is 253 g/mol. The molecule has 0 aliphatic carbocycles. The van der Waals surface area contributed by atoms with E-state index >= 15 is 0 Å². The Kier molecular flexibility index (Phi) is 5.44. The second-order valence-electron chi connectivity index (χ2n) is 4.83. The quantitative estimate of drug-likeness (QED) is 0.815. The van der Waals surface area contributed by atoms with Crippen molar-refractivity contribution < 1.29 is 14.6 Å². The third-order valence-corrected chi connectivity index (χ3v) is 2.93. The Balaban J connectivity index is 2.93. The van der Waals surface area contributed by atoms with Gasteiger partial charge < -0.3 is 20.3 Å². The van der Waals surface area contributed by atoms with E-state index in [1.54, 1.807) is 20.3 Å². The number of nitrogens with two attached hydrogens (primary N) is 1. The molecule has 102 valence electrons. The molecule has 4 nitrogen and oxygen atoms in total. The molecule has 4 heteroatoms. The van der Waals surface area contributed by atoms with Crippen LogP contribution in [-0.2, 0) is 0 Å². The summed E-state index contributed by atoms with van der Waals surface area (Å²) in [7, 11) is 3.18. The largest absolute Gasteiger partial charge is 0.497 e. The molecule has 0 amide bonds. The lowest BCUT2D eigenvalue weighted by atomic mass is 9.95. The zero-order valence-electron chi connectivity index (χ0n) is 11.5. The molecule has 1 aromatic carbocycles. The van der Waals surface area contributed by atoms with Crippen LogP contribution in [-0.4, -0.2) is 25.4 Å². The maximum atomic E-state index is 10.1. The van der Waals surface area contributed by atoms with Crippen LogP contribution in [0.3, 0.4) is 0 Å². The summed E-state index contributed by atoms with van der Waals surface area (Å²) in [6.45, 7) is 4.11. The molecule has 0 fully saturated rings. The highest BCUT2D eigenvalue weighted by Crippen LogP contribution is 2.31. The molecule has 0 heterocycles. The molecule has 1 aromatic rings. The molecular formula is C14H23NO3. The van der Waals surface area contributed by atoms with Crippen LogP contribution in [0.1, 0.15) is 31.9 Å². The van der Waals surface area contributed by atoms with E-state index in [1.807, 2.05) is 12.1 Å². The summed E-state index contributed by atoms with van der Waals surface area (Å²) in [4.78, 5) is 0. The number of ether oxygens (including phenoxy) is 2. The fourth-order valence-electron chi connectivity index (χ4n) is 1.93. The van der Waals surface area contributed by atoms with Crippen molar-refractivity contribution in [2.75, 3.05) is 14.2 Å². The van der Waals surface area contributed by atoms with Gasteiger partial charge in [0, 0.05) is 11.6 Å². The van der Waals surface area contributed by atoms with Gasteiger partial charge in [-0.3, -0.25) is 0 Å². The number of methoxy groups -OCH3 is 2. The van der Waals surface area contributed by atoms with Crippen LogP contribution < -0.4 is 15.2 Å². The minimum atomic E-state index is -0.577. The Bertz CT molecular complexity index is 379. The van der Waals surface area contributed by atoms with Gasteiger partial charge in [0.15, 0.2) is 0 Å². The van der Waals surface area contributed by atoms with Crippen LogP contribution in [0.25, 0.3) is 0 Å². The minimum absolute atomic E-state index is 0.398. The van der Waals surface area contributed by atoms with Gasteiger partial charge in [0.2, 0.25) is 0 Å². The van der Waals surface area contributed by atoms with Crippen molar-refractivity contribution in [2.45, 2.75) is 32.4 Å². The fraction of sp³-hybridized carbons (Fsp3) is 0.571. The Morgan fingerprint density at radius 1 is 1.22 bits per heavy atom. The standard InChI is InChI=1S/C14H23NO3/c1-9(2)7-12(16)14(15)11-6-5-10(17-3)8-13(11)18-4/h5-6,8-9,12,14,16H,7,15H2,1-4H3/t12-,14+/m0/s1. The predicted molar refractivity (Wildman–Crippen MR) is 71.9 cm³/mol. The minimum Gasteiger partial charge on any atom is -0.497 e. The number of aliphatic hydroxyl groups excluding tert-OH is 1. The first-order valence-electron chi connectivity index (χ1n) is 6.15. The zero-order valence-corrected chi connectivity index (χ0v) is 11.5. The molecule has 0 unspecified atom stereocenters. The molecule has 1 rings (SSSR count). The van der Waals surface area contributed by atoms with Gasteiger partial charge in [0.1, 0.15) is 11.5 Å². The van der Waals surface area contributed by atoms with Crippen molar-refractivity contribution in [2.24, 2.45) is 11.7 Å². The van der Waals surface area contributed by atoms with Crippen molar-refractivity contribution in [3.05, 3.63) is 23.8 Å². The van der Waals surface area contributed by atoms with Gasteiger partial charge >= 0.3 is 0 Å². The summed E-state index contributed by atoms with van der Waals surface area (Å²) in [5.41, 5.74) is 6.88. The summed E-state index contributed by atoms with van der Waals surface area (Å²) in [6.07, 6.45) is 0.0865. The van der Waals surface area contributed by atoms with Gasteiger partial charge in [-0.1, -0.05) is 13.8 Å². The third-order valence-electron chi connectivity index (χ3n) is 2.93. The second-order valence-corrected chi connectivity index (χ2v) is 4.83. The van der Waals surface area contributed by atoms with Gasteiger partial charge in [0.25, 0.3) is 0 Å². The highest BCUT2D eigenvalue weighted by molar-refractivity contribution is 5.42.